The zero-order valence-electron chi connectivity index (χ0n) is 12.8. The number of hydrogen-bond acceptors (Lipinski definition) is 2. The van der Waals surface area contributed by atoms with E-state index in [4.69, 9.17) is 5.11 Å². The van der Waals surface area contributed by atoms with Crippen LogP contribution in [-0.4, -0.2) is 22.6 Å². The summed E-state index contributed by atoms with van der Waals surface area (Å²) in [7, 11) is 0. The zero-order chi connectivity index (χ0) is 18.8. The highest BCUT2D eigenvalue weighted by atomic mass is 19.4. The average Bonchev–Trinajstić information content (AvgIpc) is 2.44. The molecule has 24 heavy (non-hydrogen) atoms. The molecule has 0 fully saturated rings. The molecule has 0 aliphatic heterocycles. The number of halogens is 6. The van der Waals surface area contributed by atoms with E-state index in [-0.39, 0.29) is 12.2 Å². The lowest BCUT2D eigenvalue weighted by molar-refractivity contribution is -0.289. The standard InChI is InChI=1S/C16H16F6O2/c1-3-12(23)7-4-10(2)14(15(17,18)19,16(20,21)22)11-5-8-13(24)9-6-11/h4-9,23-24H,3H2,1-2H3/b10-4+,12-7+. The number of allylic oxidation sites excluding steroid dienone is 4. The molecule has 0 aliphatic rings. The number of hydrogen-bond donors (Lipinski definition) is 2. The Bertz CT molecular complexity index is 609. The third-order valence-corrected chi connectivity index (χ3v) is 3.63. The molecule has 2 N–H and O–H groups in total. The summed E-state index contributed by atoms with van der Waals surface area (Å²) in [6.45, 7) is 2.20. The van der Waals surface area contributed by atoms with Crippen molar-refractivity contribution in [1.82, 2.24) is 0 Å². The van der Waals surface area contributed by atoms with Gasteiger partial charge in [-0.25, -0.2) is 0 Å². The number of aliphatic hydroxyl groups excluding tert-OH is 1. The van der Waals surface area contributed by atoms with E-state index in [1.54, 1.807) is 0 Å². The number of aromatic hydroxyl groups is 1. The van der Waals surface area contributed by atoms with Crippen LogP contribution in [0.1, 0.15) is 25.8 Å². The van der Waals surface area contributed by atoms with Crippen molar-refractivity contribution in [3.05, 3.63) is 53.3 Å². The molecule has 0 atom stereocenters. The van der Waals surface area contributed by atoms with E-state index in [1.807, 2.05) is 0 Å². The Labute approximate surface area is 134 Å². The topological polar surface area (TPSA) is 40.5 Å². The van der Waals surface area contributed by atoms with Crippen molar-refractivity contribution in [2.45, 2.75) is 38.0 Å². The molecule has 0 aromatic heterocycles. The van der Waals surface area contributed by atoms with E-state index in [0.29, 0.717) is 25.1 Å². The summed E-state index contributed by atoms with van der Waals surface area (Å²) in [6, 6.07) is 2.68. The Hall–Kier alpha value is -2.12. The quantitative estimate of drug-likeness (QED) is 0.423. The van der Waals surface area contributed by atoms with Gasteiger partial charge in [-0.15, -0.1) is 0 Å². The first-order valence-corrected chi connectivity index (χ1v) is 6.87. The van der Waals surface area contributed by atoms with Gasteiger partial charge in [0.1, 0.15) is 5.75 Å². The lowest BCUT2D eigenvalue weighted by Crippen LogP contribution is -2.54. The van der Waals surface area contributed by atoms with E-state index in [1.165, 1.54) is 6.92 Å². The molecular formula is C16H16F6O2. The van der Waals surface area contributed by atoms with Crippen LogP contribution in [0.4, 0.5) is 26.3 Å². The Morgan fingerprint density at radius 2 is 1.42 bits per heavy atom. The van der Waals surface area contributed by atoms with Gasteiger partial charge in [-0.1, -0.05) is 25.1 Å². The van der Waals surface area contributed by atoms with Gasteiger partial charge in [-0.05, 0) is 36.3 Å². The van der Waals surface area contributed by atoms with Crippen molar-refractivity contribution < 1.29 is 36.6 Å². The fraction of sp³-hybridized carbons (Fsp3) is 0.375. The summed E-state index contributed by atoms with van der Waals surface area (Å²) in [6.07, 6.45) is -9.89. The maximum atomic E-state index is 13.6. The van der Waals surface area contributed by atoms with E-state index in [0.717, 1.165) is 18.2 Å². The van der Waals surface area contributed by atoms with Crippen LogP contribution >= 0.6 is 0 Å². The van der Waals surface area contributed by atoms with Crippen LogP contribution < -0.4 is 0 Å². The molecule has 1 aromatic rings. The van der Waals surface area contributed by atoms with Gasteiger partial charge in [-0.3, -0.25) is 0 Å². The Kier molecular flexibility index (Phi) is 5.63. The first-order chi connectivity index (χ1) is 10.9. The molecule has 134 valence electrons. The first kappa shape index (κ1) is 19.9. The summed E-state index contributed by atoms with van der Waals surface area (Å²) >= 11 is 0. The van der Waals surface area contributed by atoms with Crippen molar-refractivity contribution in [2.24, 2.45) is 0 Å². The molecule has 0 aliphatic carbocycles. The summed E-state index contributed by atoms with van der Waals surface area (Å²) in [5.41, 5.74) is -6.37. The van der Waals surface area contributed by atoms with Crippen LogP contribution in [-0.2, 0) is 5.41 Å². The first-order valence-electron chi connectivity index (χ1n) is 6.87. The summed E-state index contributed by atoms with van der Waals surface area (Å²) < 4.78 is 81.6. The van der Waals surface area contributed by atoms with Crippen LogP contribution in [0, 0.1) is 0 Å². The maximum absolute atomic E-state index is 13.6. The lowest BCUT2D eigenvalue weighted by atomic mass is 9.72. The second kappa shape index (κ2) is 6.78. The predicted octanol–water partition coefficient (Wildman–Crippen LogP) is 5.55. The monoisotopic (exact) mass is 354 g/mol. The Morgan fingerprint density at radius 1 is 0.958 bits per heavy atom. The summed E-state index contributed by atoms with van der Waals surface area (Å²) in [5.74, 6) is -0.805. The highest BCUT2D eigenvalue weighted by Gasteiger charge is 2.72. The average molecular weight is 354 g/mol. The lowest BCUT2D eigenvalue weighted by Gasteiger charge is -2.38. The van der Waals surface area contributed by atoms with Crippen molar-refractivity contribution in [3.63, 3.8) is 0 Å². The second-order valence-electron chi connectivity index (χ2n) is 5.15. The molecule has 1 aromatic carbocycles. The number of alkyl halides is 6. The van der Waals surface area contributed by atoms with E-state index in [2.05, 4.69) is 0 Å². The second-order valence-corrected chi connectivity index (χ2v) is 5.15. The molecular weight excluding hydrogens is 338 g/mol. The molecule has 1 rings (SSSR count). The summed E-state index contributed by atoms with van der Waals surface area (Å²) in [4.78, 5) is 0. The molecule has 0 radical (unpaired) electrons. The molecule has 0 spiro atoms. The number of benzene rings is 1. The molecule has 0 heterocycles. The van der Waals surface area contributed by atoms with Gasteiger partial charge in [0, 0.05) is 6.42 Å². The van der Waals surface area contributed by atoms with Crippen molar-refractivity contribution >= 4 is 0 Å². The van der Waals surface area contributed by atoms with Gasteiger partial charge in [-0.2, -0.15) is 26.3 Å². The minimum absolute atomic E-state index is 0.0635. The van der Waals surface area contributed by atoms with Crippen molar-refractivity contribution in [2.75, 3.05) is 0 Å². The number of aliphatic hydroxyl groups is 1. The van der Waals surface area contributed by atoms with Crippen LogP contribution in [0.25, 0.3) is 0 Å². The normalized spacial score (nSPS) is 14.8. The smallest absolute Gasteiger partial charge is 0.410 e. The predicted molar refractivity (Wildman–Crippen MR) is 76.7 cm³/mol. The van der Waals surface area contributed by atoms with Gasteiger partial charge in [0.2, 0.25) is 5.41 Å². The molecule has 0 amide bonds. The van der Waals surface area contributed by atoms with Gasteiger partial charge in [0.25, 0.3) is 0 Å². The number of rotatable bonds is 4. The third-order valence-electron chi connectivity index (χ3n) is 3.63. The van der Waals surface area contributed by atoms with Gasteiger partial charge < -0.3 is 10.2 Å². The molecule has 0 saturated carbocycles. The van der Waals surface area contributed by atoms with Gasteiger partial charge in [0.05, 0.1) is 5.76 Å². The highest BCUT2D eigenvalue weighted by molar-refractivity contribution is 5.44. The van der Waals surface area contributed by atoms with Crippen LogP contribution in [0.15, 0.2) is 47.7 Å². The Morgan fingerprint density at radius 3 is 1.79 bits per heavy atom. The fourth-order valence-corrected chi connectivity index (χ4v) is 2.34. The fourth-order valence-electron chi connectivity index (χ4n) is 2.34. The number of phenols is 1. The van der Waals surface area contributed by atoms with Crippen LogP contribution in [0.5, 0.6) is 5.75 Å². The van der Waals surface area contributed by atoms with Crippen LogP contribution in [0.2, 0.25) is 0 Å². The van der Waals surface area contributed by atoms with Crippen molar-refractivity contribution in [3.8, 4) is 5.75 Å². The van der Waals surface area contributed by atoms with Crippen molar-refractivity contribution in [1.29, 1.82) is 0 Å². The minimum atomic E-state index is -5.68. The van der Waals surface area contributed by atoms with Gasteiger partial charge >= 0.3 is 12.4 Å². The SMILES string of the molecule is CC/C(O)=C\C=C(/C)C(c1ccc(O)cc1)(C(F)(F)F)C(F)(F)F. The van der Waals surface area contributed by atoms with E-state index in [9.17, 15) is 31.4 Å². The summed E-state index contributed by atoms with van der Waals surface area (Å²) in [5, 5.41) is 18.5. The molecule has 0 saturated heterocycles. The molecule has 0 bridgehead atoms. The zero-order valence-corrected chi connectivity index (χ0v) is 12.8. The van der Waals surface area contributed by atoms with E-state index >= 15 is 0 Å². The van der Waals surface area contributed by atoms with E-state index < -0.39 is 34.7 Å². The largest absolute Gasteiger partial charge is 0.512 e. The van der Waals surface area contributed by atoms with Gasteiger partial charge in [0.15, 0.2) is 0 Å². The number of phenolic OH excluding ortho intramolecular Hbond substituents is 1. The van der Waals surface area contributed by atoms with Crippen LogP contribution in [0.3, 0.4) is 0 Å². The minimum Gasteiger partial charge on any atom is -0.512 e. The molecule has 8 heteroatoms. The highest BCUT2D eigenvalue weighted by Crippen LogP contribution is 2.56. The Balaban J connectivity index is 3.77. The third kappa shape index (κ3) is 3.52. The molecule has 2 nitrogen and oxygen atoms in total. The molecule has 0 unspecified atom stereocenters. The maximum Gasteiger partial charge on any atom is 0.410 e.